The molecule has 3 nitrogen and oxygen atoms in total. The van der Waals surface area contributed by atoms with E-state index in [9.17, 15) is 9.59 Å². The van der Waals surface area contributed by atoms with Crippen molar-refractivity contribution in [2.24, 2.45) is 0 Å². The molecular weight excluding hydrogens is 262 g/mol. The first-order chi connectivity index (χ1) is 9.90. The van der Waals surface area contributed by atoms with Crippen LogP contribution in [0.15, 0.2) is 42.5 Å². The lowest BCUT2D eigenvalue weighted by Crippen LogP contribution is -2.33. The lowest BCUT2D eigenvalue weighted by molar-refractivity contribution is -0.124. The Kier molecular flexibility index (Phi) is 4.22. The van der Waals surface area contributed by atoms with E-state index in [-0.39, 0.29) is 11.8 Å². The highest BCUT2D eigenvalue weighted by atomic mass is 16.2. The number of hydrogen-bond acceptors (Lipinski definition) is 2. The molecule has 0 saturated heterocycles. The Balaban J connectivity index is 2.46. The van der Waals surface area contributed by atoms with Crippen molar-refractivity contribution in [1.82, 2.24) is 0 Å². The number of carbonyl (C=O) groups is 2. The van der Waals surface area contributed by atoms with Crippen LogP contribution in [-0.2, 0) is 9.59 Å². The molecule has 2 amide bonds. The Hall–Kier alpha value is -2.42. The molecule has 3 heteroatoms. The van der Waals surface area contributed by atoms with Crippen molar-refractivity contribution in [1.29, 1.82) is 0 Å². The largest absolute Gasteiger partial charge is 0.274 e. The molecule has 2 aromatic carbocycles. The van der Waals surface area contributed by atoms with Gasteiger partial charge < -0.3 is 0 Å². The zero-order chi connectivity index (χ0) is 15.6. The quantitative estimate of drug-likeness (QED) is 0.838. The molecule has 108 valence electrons. The lowest BCUT2D eigenvalue weighted by atomic mass is 10.0. The number of aryl methyl sites for hydroxylation is 2. The molecule has 0 aliphatic heterocycles. The van der Waals surface area contributed by atoms with Crippen LogP contribution < -0.4 is 4.90 Å². The molecule has 21 heavy (non-hydrogen) atoms. The van der Waals surface area contributed by atoms with Gasteiger partial charge in [0.1, 0.15) is 0 Å². The third kappa shape index (κ3) is 3.19. The molecule has 0 fully saturated rings. The summed E-state index contributed by atoms with van der Waals surface area (Å²) in [6, 6.07) is 14.0. The Morgan fingerprint density at radius 3 is 2.00 bits per heavy atom. The van der Waals surface area contributed by atoms with Gasteiger partial charge in [-0.05, 0) is 42.7 Å². The van der Waals surface area contributed by atoms with Crippen LogP contribution in [0.1, 0.15) is 25.0 Å². The van der Waals surface area contributed by atoms with Gasteiger partial charge in [-0.15, -0.1) is 0 Å². The Morgan fingerprint density at radius 2 is 1.48 bits per heavy atom. The Morgan fingerprint density at radius 1 is 0.857 bits per heavy atom. The Labute approximate surface area is 125 Å². The average Bonchev–Trinajstić information content (AvgIpc) is 2.40. The smallest absolute Gasteiger partial charge is 0.230 e. The van der Waals surface area contributed by atoms with Gasteiger partial charge in [0.2, 0.25) is 11.8 Å². The first kappa shape index (κ1) is 15.0. The van der Waals surface area contributed by atoms with Crippen LogP contribution in [0.4, 0.5) is 5.69 Å². The van der Waals surface area contributed by atoms with Crippen LogP contribution in [0.5, 0.6) is 0 Å². The molecule has 0 N–H and O–H groups in total. The van der Waals surface area contributed by atoms with Gasteiger partial charge in [-0.3, -0.25) is 14.5 Å². The second kappa shape index (κ2) is 5.92. The van der Waals surface area contributed by atoms with Crippen LogP contribution in [0.2, 0.25) is 0 Å². The number of hydrogen-bond donors (Lipinski definition) is 0. The number of carbonyl (C=O) groups excluding carboxylic acids is 2. The summed E-state index contributed by atoms with van der Waals surface area (Å²) in [5.41, 5.74) is 4.95. The molecule has 2 aromatic rings. The minimum Gasteiger partial charge on any atom is -0.274 e. The van der Waals surface area contributed by atoms with E-state index >= 15 is 0 Å². The standard InChI is InChI=1S/C18H19NO2/c1-12-6-5-7-16(10-12)17-8-9-18(13(2)11-17)19(14(3)20)15(4)21/h5-11H,1-4H3. The highest BCUT2D eigenvalue weighted by molar-refractivity contribution is 6.13. The molecule has 0 aliphatic rings. The molecule has 0 spiro atoms. The van der Waals surface area contributed by atoms with E-state index in [4.69, 9.17) is 0 Å². The van der Waals surface area contributed by atoms with Gasteiger partial charge in [0.25, 0.3) is 0 Å². The van der Waals surface area contributed by atoms with E-state index in [0.29, 0.717) is 5.69 Å². The topological polar surface area (TPSA) is 37.4 Å². The monoisotopic (exact) mass is 281 g/mol. The minimum atomic E-state index is -0.270. The molecule has 0 aromatic heterocycles. The van der Waals surface area contributed by atoms with Crippen molar-refractivity contribution < 1.29 is 9.59 Å². The summed E-state index contributed by atoms with van der Waals surface area (Å²) in [7, 11) is 0. The van der Waals surface area contributed by atoms with Crippen LogP contribution in [-0.4, -0.2) is 11.8 Å². The zero-order valence-corrected chi connectivity index (χ0v) is 12.8. The fraction of sp³-hybridized carbons (Fsp3) is 0.222. The molecule has 0 saturated carbocycles. The van der Waals surface area contributed by atoms with Crippen molar-refractivity contribution in [3.05, 3.63) is 53.6 Å². The summed E-state index contributed by atoms with van der Waals surface area (Å²) in [6.45, 7) is 6.76. The summed E-state index contributed by atoms with van der Waals surface area (Å²) in [6.07, 6.45) is 0. The second-order valence-corrected chi connectivity index (χ2v) is 5.24. The third-order valence-electron chi connectivity index (χ3n) is 3.42. The van der Waals surface area contributed by atoms with Gasteiger partial charge >= 0.3 is 0 Å². The van der Waals surface area contributed by atoms with E-state index < -0.39 is 0 Å². The predicted molar refractivity (Wildman–Crippen MR) is 85.2 cm³/mol. The molecule has 0 aliphatic carbocycles. The van der Waals surface area contributed by atoms with Crippen LogP contribution in [0.3, 0.4) is 0 Å². The molecule has 0 bridgehead atoms. The zero-order valence-electron chi connectivity index (χ0n) is 12.8. The van der Waals surface area contributed by atoms with E-state index in [2.05, 4.69) is 25.1 Å². The maximum Gasteiger partial charge on any atom is 0.230 e. The van der Waals surface area contributed by atoms with Crippen molar-refractivity contribution in [3.63, 3.8) is 0 Å². The van der Waals surface area contributed by atoms with E-state index in [1.807, 2.05) is 31.2 Å². The van der Waals surface area contributed by atoms with E-state index in [1.165, 1.54) is 24.3 Å². The van der Waals surface area contributed by atoms with Crippen LogP contribution in [0, 0.1) is 13.8 Å². The normalized spacial score (nSPS) is 10.3. The van der Waals surface area contributed by atoms with Crippen LogP contribution in [0.25, 0.3) is 11.1 Å². The van der Waals surface area contributed by atoms with Crippen LogP contribution >= 0.6 is 0 Å². The fourth-order valence-electron chi connectivity index (χ4n) is 2.47. The number of amides is 2. The maximum atomic E-state index is 11.6. The van der Waals surface area contributed by atoms with Crippen molar-refractivity contribution in [2.45, 2.75) is 27.7 Å². The number of imide groups is 1. The maximum absolute atomic E-state index is 11.6. The Bertz CT molecular complexity index is 690. The van der Waals surface area contributed by atoms with E-state index in [1.54, 1.807) is 0 Å². The van der Waals surface area contributed by atoms with Gasteiger partial charge in [0.05, 0.1) is 5.69 Å². The van der Waals surface area contributed by atoms with Gasteiger partial charge in [-0.2, -0.15) is 0 Å². The van der Waals surface area contributed by atoms with Gasteiger partial charge in [-0.1, -0.05) is 35.9 Å². The SMILES string of the molecule is CC(=O)N(C(C)=O)c1ccc(-c2cccc(C)c2)cc1C. The fourth-order valence-corrected chi connectivity index (χ4v) is 2.47. The highest BCUT2D eigenvalue weighted by Crippen LogP contribution is 2.28. The molecule has 0 unspecified atom stereocenters. The van der Waals surface area contributed by atoms with Gasteiger partial charge in [0.15, 0.2) is 0 Å². The summed E-state index contributed by atoms with van der Waals surface area (Å²) < 4.78 is 0. The highest BCUT2D eigenvalue weighted by Gasteiger charge is 2.18. The lowest BCUT2D eigenvalue weighted by Gasteiger charge is -2.20. The molecule has 2 rings (SSSR count). The van der Waals surface area contributed by atoms with Crippen molar-refractivity contribution in [3.8, 4) is 11.1 Å². The number of rotatable bonds is 2. The molecular formula is C18H19NO2. The summed E-state index contributed by atoms with van der Waals surface area (Å²) in [5.74, 6) is -0.539. The summed E-state index contributed by atoms with van der Waals surface area (Å²) in [4.78, 5) is 24.5. The number of benzene rings is 2. The molecule has 0 heterocycles. The van der Waals surface area contributed by atoms with Gasteiger partial charge in [-0.25, -0.2) is 0 Å². The molecule has 0 atom stereocenters. The number of nitrogens with zero attached hydrogens (tertiary/aromatic N) is 1. The third-order valence-corrected chi connectivity index (χ3v) is 3.42. The molecule has 0 radical (unpaired) electrons. The minimum absolute atomic E-state index is 0.270. The summed E-state index contributed by atoms with van der Waals surface area (Å²) in [5, 5.41) is 0. The first-order valence-corrected chi connectivity index (χ1v) is 6.89. The number of anilines is 1. The first-order valence-electron chi connectivity index (χ1n) is 6.89. The second-order valence-electron chi connectivity index (χ2n) is 5.24. The summed E-state index contributed by atoms with van der Waals surface area (Å²) >= 11 is 0. The van der Waals surface area contributed by atoms with Gasteiger partial charge in [0, 0.05) is 13.8 Å². The van der Waals surface area contributed by atoms with Crippen molar-refractivity contribution in [2.75, 3.05) is 4.90 Å². The van der Waals surface area contributed by atoms with E-state index in [0.717, 1.165) is 16.7 Å². The predicted octanol–water partition coefficient (Wildman–Crippen LogP) is 3.87. The van der Waals surface area contributed by atoms with Crippen molar-refractivity contribution >= 4 is 17.5 Å². The average molecular weight is 281 g/mol.